The van der Waals surface area contributed by atoms with Crippen molar-refractivity contribution in [3.8, 4) is 0 Å². The molecular formula is C18H23Cl2N3O4Pd. The summed E-state index contributed by atoms with van der Waals surface area (Å²) in [6.07, 6.45) is 1.89. The van der Waals surface area contributed by atoms with Crippen molar-refractivity contribution in [1.29, 1.82) is 0 Å². The maximum absolute atomic E-state index is 8.49. The van der Waals surface area contributed by atoms with E-state index in [1.807, 2.05) is 12.3 Å². The maximum atomic E-state index is 8.49. The summed E-state index contributed by atoms with van der Waals surface area (Å²) in [5.74, 6) is 0. The number of hydrogen-bond acceptors (Lipinski definition) is 7. The maximum Gasteiger partial charge on any atom is -0.112 e. The summed E-state index contributed by atoms with van der Waals surface area (Å²) < 4.78 is 34.0. The van der Waals surface area contributed by atoms with Crippen LogP contribution in [0.4, 0.5) is 0 Å². The molecule has 10 heteroatoms. The standard InChI is InChI=1S/C18H23N3.ClHO4.ClH.Pd/c1-18(17-9-5-6-10-20-17)14-21(15-18)12-11-19-13-16-7-3-2-4-8-16;2-1(3,4)5;;/h2-10,19H,11-15H2,1H3;(H,2,3,4,5);1H;/q;;;+2/p-2. The van der Waals surface area contributed by atoms with Gasteiger partial charge in [-0.3, -0.25) is 4.98 Å². The molecule has 0 spiro atoms. The average Bonchev–Trinajstić information content (AvgIpc) is 2.65. The van der Waals surface area contributed by atoms with E-state index in [0.717, 1.165) is 32.7 Å². The van der Waals surface area contributed by atoms with Gasteiger partial charge in [0.25, 0.3) is 0 Å². The van der Waals surface area contributed by atoms with Crippen molar-refractivity contribution >= 4 is 9.53 Å². The van der Waals surface area contributed by atoms with E-state index in [1.165, 1.54) is 11.3 Å². The molecule has 0 unspecified atom stereocenters. The van der Waals surface area contributed by atoms with Gasteiger partial charge in [-0.1, -0.05) is 43.3 Å². The fraction of sp³-hybridized carbons (Fsp3) is 0.389. The molecule has 1 aliphatic rings. The summed E-state index contributed by atoms with van der Waals surface area (Å²) in [6.45, 7) is 7.62. The zero-order valence-corrected chi connectivity index (χ0v) is 18.4. The number of benzene rings is 1. The fourth-order valence-corrected chi connectivity index (χ4v) is 3.05. The first-order valence-corrected chi connectivity index (χ1v) is 11.6. The molecule has 2 aromatic rings. The number of nitrogens with one attached hydrogen (secondary N) is 1. The minimum Gasteiger partial charge on any atom is -0.222 e. The monoisotopic (exact) mass is 521 g/mol. The fourth-order valence-electron chi connectivity index (χ4n) is 3.05. The van der Waals surface area contributed by atoms with Crippen molar-refractivity contribution in [3.05, 3.63) is 66.0 Å². The molecule has 0 radical (unpaired) electrons. The molecule has 158 valence electrons. The Hall–Kier alpha value is -0.628. The SMILES string of the molecule is CC1(c2ccccn2)CN(CCNCc2ccccc2)C1.[Cl][Pd+].[O-][Cl+3]([O-])([O-])[O-]. The van der Waals surface area contributed by atoms with Crippen LogP contribution in [0.5, 0.6) is 0 Å². The van der Waals surface area contributed by atoms with Crippen molar-refractivity contribution in [3.63, 3.8) is 0 Å². The van der Waals surface area contributed by atoms with E-state index < -0.39 is 10.2 Å². The second-order valence-electron chi connectivity index (χ2n) is 6.53. The van der Waals surface area contributed by atoms with Gasteiger partial charge >= 0.3 is 27.7 Å². The van der Waals surface area contributed by atoms with E-state index in [9.17, 15) is 0 Å². The van der Waals surface area contributed by atoms with Gasteiger partial charge in [-0.25, -0.2) is 18.6 Å². The van der Waals surface area contributed by atoms with E-state index in [-0.39, 0.29) is 5.41 Å². The second-order valence-corrected chi connectivity index (χ2v) is 7.28. The molecule has 0 saturated carbocycles. The third-order valence-corrected chi connectivity index (χ3v) is 4.21. The van der Waals surface area contributed by atoms with Crippen LogP contribution in [0.1, 0.15) is 18.2 Å². The zero-order chi connectivity index (χ0) is 21.0. The number of rotatable bonds is 6. The van der Waals surface area contributed by atoms with Crippen LogP contribution in [0.3, 0.4) is 0 Å². The second kappa shape index (κ2) is 12.8. The number of pyridine rings is 1. The van der Waals surface area contributed by atoms with Gasteiger partial charge in [-0.15, -0.1) is 10.2 Å². The minimum atomic E-state index is -4.94. The van der Waals surface area contributed by atoms with Gasteiger partial charge in [-0.2, -0.15) is 0 Å². The molecule has 3 rings (SSSR count). The number of nitrogens with zero attached hydrogens (tertiary/aromatic N) is 2. The molecule has 7 nitrogen and oxygen atoms in total. The molecule has 1 aliphatic heterocycles. The Balaban J connectivity index is 0.000000490. The first-order chi connectivity index (χ1) is 13.3. The Bertz CT molecular complexity index is 651. The summed E-state index contributed by atoms with van der Waals surface area (Å²) in [5.41, 5.74) is 2.80. The van der Waals surface area contributed by atoms with Gasteiger partial charge in [0.1, 0.15) is 0 Å². The van der Waals surface area contributed by atoms with Crippen LogP contribution >= 0.6 is 9.53 Å². The molecule has 0 atom stereocenters. The molecule has 0 bridgehead atoms. The van der Waals surface area contributed by atoms with E-state index >= 15 is 0 Å². The molecule has 1 N–H and O–H groups in total. The van der Waals surface area contributed by atoms with Gasteiger partial charge in [-0.05, 0) is 17.7 Å². The van der Waals surface area contributed by atoms with Crippen LogP contribution in [0, 0.1) is 10.2 Å². The number of likely N-dealkylation sites (tertiary alicyclic amines) is 1. The van der Waals surface area contributed by atoms with Gasteiger partial charge in [0.15, 0.2) is 0 Å². The normalized spacial score (nSPS) is 15.4. The van der Waals surface area contributed by atoms with Gasteiger partial charge in [0.05, 0.1) is 0 Å². The molecule has 1 saturated heterocycles. The summed E-state index contributed by atoms with van der Waals surface area (Å²) in [6, 6.07) is 16.8. The van der Waals surface area contributed by atoms with Crippen LogP contribution < -0.4 is 24.0 Å². The van der Waals surface area contributed by atoms with E-state index in [2.05, 4.69) is 92.3 Å². The molecule has 1 fully saturated rings. The molecule has 0 aliphatic carbocycles. The Kier molecular flexibility index (Phi) is 11.6. The molecule has 28 heavy (non-hydrogen) atoms. The first-order valence-electron chi connectivity index (χ1n) is 8.38. The molecular weight excluding hydrogens is 500 g/mol. The van der Waals surface area contributed by atoms with Crippen molar-refractivity contribution in [2.75, 3.05) is 26.2 Å². The van der Waals surface area contributed by atoms with Crippen molar-refractivity contribution in [1.82, 2.24) is 15.2 Å². The Labute approximate surface area is 182 Å². The van der Waals surface area contributed by atoms with Crippen molar-refractivity contribution in [2.24, 2.45) is 0 Å². The predicted molar refractivity (Wildman–Crippen MR) is 92.0 cm³/mol. The third-order valence-electron chi connectivity index (χ3n) is 4.21. The summed E-state index contributed by atoms with van der Waals surface area (Å²) in [7, 11) is -0.456. The number of halogens is 2. The largest absolute Gasteiger partial charge is 0.222 e. The molecule has 1 aromatic heterocycles. The van der Waals surface area contributed by atoms with Gasteiger partial charge < -0.3 is 10.2 Å². The van der Waals surface area contributed by atoms with Crippen LogP contribution in [0.2, 0.25) is 0 Å². The number of hydrogen-bond donors (Lipinski definition) is 1. The smallest absolute Gasteiger partial charge is 0.112 e. The Morgan fingerprint density at radius 2 is 1.64 bits per heavy atom. The molecule has 0 amide bonds. The average molecular weight is 523 g/mol. The quantitative estimate of drug-likeness (QED) is 0.357. The van der Waals surface area contributed by atoms with Gasteiger partial charge in [0, 0.05) is 50.0 Å². The third kappa shape index (κ3) is 10.2. The molecule has 1 aromatic carbocycles. The van der Waals surface area contributed by atoms with Crippen LogP contribution in [0.15, 0.2) is 54.7 Å². The molecule has 2 heterocycles. The predicted octanol–water partition coefficient (Wildman–Crippen LogP) is -1.62. The topological polar surface area (TPSA) is 120 Å². The van der Waals surface area contributed by atoms with Crippen LogP contribution in [0.25, 0.3) is 0 Å². The van der Waals surface area contributed by atoms with Crippen LogP contribution in [-0.4, -0.2) is 36.1 Å². The minimum absolute atomic E-state index is 0.237. The first kappa shape index (κ1) is 25.4. The zero-order valence-electron chi connectivity index (χ0n) is 15.3. The van der Waals surface area contributed by atoms with E-state index in [1.54, 1.807) is 0 Å². The van der Waals surface area contributed by atoms with Crippen molar-refractivity contribution in [2.45, 2.75) is 18.9 Å². The van der Waals surface area contributed by atoms with Crippen LogP contribution in [-0.2, 0) is 30.1 Å². The van der Waals surface area contributed by atoms with Crippen molar-refractivity contribution < 1.29 is 47.1 Å². The summed E-state index contributed by atoms with van der Waals surface area (Å²) in [4.78, 5) is 6.99. The van der Waals surface area contributed by atoms with E-state index in [4.69, 9.17) is 18.6 Å². The number of aromatic nitrogens is 1. The summed E-state index contributed by atoms with van der Waals surface area (Å²) >= 11 is 2.22. The Morgan fingerprint density at radius 1 is 1.07 bits per heavy atom. The van der Waals surface area contributed by atoms with E-state index in [0.29, 0.717) is 0 Å². The van der Waals surface area contributed by atoms with Gasteiger partial charge in [0.2, 0.25) is 0 Å². The summed E-state index contributed by atoms with van der Waals surface area (Å²) in [5, 5.41) is 3.51. The Morgan fingerprint density at radius 3 is 2.18 bits per heavy atom.